The quantitative estimate of drug-likeness (QED) is 0.254. The average Bonchev–Trinajstić information content (AvgIpc) is 3.29. The maximum Gasteiger partial charge on any atom is 0.191 e. The fourth-order valence-corrected chi connectivity index (χ4v) is 2.91. The van der Waals surface area contributed by atoms with Gasteiger partial charge in [0.2, 0.25) is 0 Å². The minimum absolute atomic E-state index is 0. The molecule has 6 nitrogen and oxygen atoms in total. The van der Waals surface area contributed by atoms with Crippen LogP contribution in [0.1, 0.15) is 11.1 Å². The van der Waals surface area contributed by atoms with Gasteiger partial charge in [0.25, 0.3) is 0 Å². The normalized spacial score (nSPS) is 10.8. The summed E-state index contributed by atoms with van der Waals surface area (Å²) in [5, 5.41) is 6.65. The van der Waals surface area contributed by atoms with Crippen molar-refractivity contribution in [2.75, 3.05) is 20.7 Å². The summed E-state index contributed by atoms with van der Waals surface area (Å²) in [6, 6.07) is 20.1. The van der Waals surface area contributed by atoms with Crippen LogP contribution >= 0.6 is 24.0 Å². The lowest BCUT2D eigenvalue weighted by Gasteiger charge is -2.15. The van der Waals surface area contributed by atoms with Crippen molar-refractivity contribution in [2.45, 2.75) is 19.7 Å². The molecule has 0 aliphatic rings. The monoisotopic (exact) mass is 520 g/mol. The third-order valence-corrected chi connectivity index (χ3v) is 4.48. The first-order valence-corrected chi connectivity index (χ1v) is 9.67. The van der Waals surface area contributed by atoms with E-state index in [1.807, 2.05) is 73.1 Å². The van der Waals surface area contributed by atoms with E-state index in [1.54, 1.807) is 14.2 Å². The van der Waals surface area contributed by atoms with Crippen LogP contribution in [-0.4, -0.2) is 31.2 Å². The second-order valence-corrected chi connectivity index (χ2v) is 6.53. The van der Waals surface area contributed by atoms with Gasteiger partial charge in [-0.2, -0.15) is 0 Å². The molecule has 0 radical (unpaired) electrons. The third kappa shape index (κ3) is 7.29. The zero-order chi connectivity index (χ0) is 20.3. The highest BCUT2D eigenvalue weighted by Gasteiger charge is 2.07. The summed E-state index contributed by atoms with van der Waals surface area (Å²) in [6.07, 6.45) is 4.09. The summed E-state index contributed by atoms with van der Waals surface area (Å²) in [4.78, 5) is 4.27. The van der Waals surface area contributed by atoms with Crippen LogP contribution in [0.2, 0.25) is 0 Å². The van der Waals surface area contributed by atoms with Crippen LogP contribution in [0.3, 0.4) is 0 Å². The molecule has 0 amide bonds. The Morgan fingerprint density at radius 2 is 1.70 bits per heavy atom. The van der Waals surface area contributed by atoms with E-state index in [0.29, 0.717) is 13.2 Å². The molecular formula is C23H29IN4O2. The molecular weight excluding hydrogens is 491 g/mol. The van der Waals surface area contributed by atoms with Crippen LogP contribution in [0, 0.1) is 0 Å². The highest BCUT2D eigenvalue weighted by Crippen LogP contribution is 2.28. The number of hydrogen-bond donors (Lipinski definition) is 2. The number of halogens is 1. The third-order valence-electron chi connectivity index (χ3n) is 4.48. The number of guanidine groups is 1. The molecule has 2 N–H and O–H groups in total. The molecule has 3 rings (SSSR count). The number of aromatic nitrogens is 1. The van der Waals surface area contributed by atoms with E-state index >= 15 is 0 Å². The van der Waals surface area contributed by atoms with Gasteiger partial charge in [-0.3, -0.25) is 4.99 Å². The van der Waals surface area contributed by atoms with E-state index in [9.17, 15) is 0 Å². The summed E-state index contributed by atoms with van der Waals surface area (Å²) in [7, 11) is 3.43. The zero-order valence-electron chi connectivity index (χ0n) is 17.4. The van der Waals surface area contributed by atoms with Gasteiger partial charge in [-0.25, -0.2) is 0 Å². The molecule has 0 unspecified atom stereocenters. The Hall–Kier alpha value is -2.68. The molecule has 0 saturated carbocycles. The second kappa shape index (κ2) is 12.8. The van der Waals surface area contributed by atoms with E-state index in [4.69, 9.17) is 9.47 Å². The molecule has 0 bridgehead atoms. The molecule has 2 aromatic carbocycles. The SMILES string of the molecule is CN=C(NCCn1cccc1)NCc1ccc(OCc2ccccc2)c(OC)c1.I. The van der Waals surface area contributed by atoms with Gasteiger partial charge < -0.3 is 24.7 Å². The molecule has 3 aromatic rings. The van der Waals surface area contributed by atoms with Crippen molar-refractivity contribution in [1.29, 1.82) is 0 Å². The minimum atomic E-state index is 0. The van der Waals surface area contributed by atoms with Crippen molar-refractivity contribution in [2.24, 2.45) is 4.99 Å². The first kappa shape index (κ1) is 23.6. The Morgan fingerprint density at radius 3 is 2.40 bits per heavy atom. The maximum absolute atomic E-state index is 5.92. The molecule has 0 aliphatic heterocycles. The first-order valence-electron chi connectivity index (χ1n) is 9.67. The topological polar surface area (TPSA) is 59.8 Å². The van der Waals surface area contributed by atoms with Crippen molar-refractivity contribution in [3.63, 3.8) is 0 Å². The second-order valence-electron chi connectivity index (χ2n) is 6.53. The Balaban J connectivity index is 0.00000320. The van der Waals surface area contributed by atoms with Gasteiger partial charge in [0, 0.05) is 39.1 Å². The Kier molecular flexibility index (Phi) is 10.1. The fourth-order valence-electron chi connectivity index (χ4n) is 2.91. The van der Waals surface area contributed by atoms with Crippen molar-refractivity contribution < 1.29 is 9.47 Å². The molecule has 1 heterocycles. The molecule has 160 valence electrons. The van der Waals surface area contributed by atoms with Crippen molar-refractivity contribution in [1.82, 2.24) is 15.2 Å². The number of aliphatic imine (C=N–C) groups is 1. The smallest absolute Gasteiger partial charge is 0.191 e. The number of hydrogen-bond acceptors (Lipinski definition) is 3. The highest BCUT2D eigenvalue weighted by atomic mass is 127. The van der Waals surface area contributed by atoms with Gasteiger partial charge in [0.05, 0.1) is 7.11 Å². The predicted molar refractivity (Wildman–Crippen MR) is 132 cm³/mol. The number of methoxy groups -OCH3 is 1. The molecule has 0 atom stereocenters. The molecule has 1 aromatic heterocycles. The zero-order valence-corrected chi connectivity index (χ0v) is 19.7. The molecule has 0 aliphatic carbocycles. The maximum atomic E-state index is 5.92. The van der Waals surface area contributed by atoms with Gasteiger partial charge in [-0.05, 0) is 35.4 Å². The van der Waals surface area contributed by atoms with Crippen molar-refractivity contribution in [3.8, 4) is 11.5 Å². The van der Waals surface area contributed by atoms with Crippen LogP contribution in [0.15, 0.2) is 78.0 Å². The summed E-state index contributed by atoms with van der Waals surface area (Å²) in [6.45, 7) is 2.82. The number of ether oxygens (including phenoxy) is 2. The van der Waals surface area contributed by atoms with E-state index in [-0.39, 0.29) is 24.0 Å². The standard InChI is InChI=1S/C23H28N4O2.HI/c1-24-23(25-12-15-27-13-6-7-14-27)26-17-20-10-11-21(22(16-20)28-2)29-18-19-8-4-3-5-9-19;/h3-11,13-14,16H,12,15,17-18H2,1-2H3,(H2,24,25,26);1H. The summed E-state index contributed by atoms with van der Waals surface area (Å²) in [5.41, 5.74) is 2.21. The van der Waals surface area contributed by atoms with Crippen LogP contribution < -0.4 is 20.1 Å². The number of nitrogens with zero attached hydrogens (tertiary/aromatic N) is 2. The molecule has 30 heavy (non-hydrogen) atoms. The number of rotatable bonds is 9. The van der Waals surface area contributed by atoms with Crippen LogP contribution in [0.5, 0.6) is 11.5 Å². The van der Waals surface area contributed by atoms with Crippen LogP contribution in [-0.2, 0) is 19.7 Å². The number of benzene rings is 2. The van der Waals surface area contributed by atoms with Gasteiger partial charge in [-0.15, -0.1) is 24.0 Å². The molecule has 0 spiro atoms. The summed E-state index contributed by atoms with van der Waals surface area (Å²) < 4.78 is 13.6. The lowest BCUT2D eigenvalue weighted by atomic mass is 10.2. The molecule has 0 fully saturated rings. The minimum Gasteiger partial charge on any atom is -0.493 e. The van der Waals surface area contributed by atoms with E-state index in [1.165, 1.54) is 0 Å². The average molecular weight is 520 g/mol. The summed E-state index contributed by atoms with van der Waals surface area (Å²) in [5.74, 6) is 2.21. The lowest BCUT2D eigenvalue weighted by Crippen LogP contribution is -2.38. The Bertz CT molecular complexity index is 899. The van der Waals surface area contributed by atoms with Gasteiger partial charge in [0.1, 0.15) is 6.61 Å². The first-order chi connectivity index (χ1) is 14.3. The van der Waals surface area contributed by atoms with Gasteiger partial charge in [0.15, 0.2) is 17.5 Å². The van der Waals surface area contributed by atoms with E-state index in [2.05, 4.69) is 20.2 Å². The Morgan fingerprint density at radius 1 is 0.933 bits per heavy atom. The molecule has 7 heteroatoms. The predicted octanol–water partition coefficient (Wildman–Crippen LogP) is 4.06. The largest absolute Gasteiger partial charge is 0.493 e. The number of nitrogens with one attached hydrogen (secondary N) is 2. The van der Waals surface area contributed by atoms with Gasteiger partial charge in [-0.1, -0.05) is 36.4 Å². The fraction of sp³-hybridized carbons (Fsp3) is 0.261. The van der Waals surface area contributed by atoms with Crippen LogP contribution in [0.4, 0.5) is 0 Å². The van der Waals surface area contributed by atoms with Crippen molar-refractivity contribution in [3.05, 3.63) is 84.2 Å². The van der Waals surface area contributed by atoms with E-state index in [0.717, 1.165) is 41.7 Å². The lowest BCUT2D eigenvalue weighted by molar-refractivity contribution is 0.284. The Labute approximate surface area is 195 Å². The summed E-state index contributed by atoms with van der Waals surface area (Å²) >= 11 is 0. The van der Waals surface area contributed by atoms with Crippen LogP contribution in [0.25, 0.3) is 0 Å². The molecule has 0 saturated heterocycles. The van der Waals surface area contributed by atoms with Crippen molar-refractivity contribution >= 4 is 29.9 Å². The highest BCUT2D eigenvalue weighted by molar-refractivity contribution is 14.0. The van der Waals surface area contributed by atoms with Gasteiger partial charge >= 0.3 is 0 Å². The van der Waals surface area contributed by atoms with E-state index < -0.39 is 0 Å².